The second kappa shape index (κ2) is 13.1. The maximum absolute atomic E-state index is 15.3. The first-order valence-electron chi connectivity index (χ1n) is 13.7. The number of carbonyl (C=O) groups excluding carboxylic acids is 2. The number of hydrogen-bond donors (Lipinski definition) is 0. The molecule has 2 aromatic heterocycles. The highest BCUT2D eigenvalue weighted by Gasteiger charge is 2.30. The number of allylic oxidation sites excluding steroid dienone is 1. The van der Waals surface area contributed by atoms with Crippen molar-refractivity contribution in [2.75, 3.05) is 34.0 Å². The summed E-state index contributed by atoms with van der Waals surface area (Å²) in [7, 11) is 3.03. The molecule has 4 aromatic rings. The minimum atomic E-state index is -0.722. The summed E-state index contributed by atoms with van der Waals surface area (Å²) in [5.41, 5.74) is 3.01. The van der Waals surface area contributed by atoms with Gasteiger partial charge in [-0.15, -0.1) is 0 Å². The smallest absolute Gasteiger partial charge is 0.257 e. The van der Waals surface area contributed by atoms with Gasteiger partial charge in [0.05, 0.1) is 25.8 Å². The Morgan fingerprint density at radius 1 is 0.955 bits per heavy atom. The minimum absolute atomic E-state index is 0.105. The summed E-state index contributed by atoms with van der Waals surface area (Å²) in [6.45, 7) is 4.17. The number of dihydropyridines is 1. The Morgan fingerprint density at radius 2 is 1.77 bits per heavy atom. The van der Waals surface area contributed by atoms with E-state index >= 15 is 4.39 Å². The van der Waals surface area contributed by atoms with Gasteiger partial charge in [-0.1, -0.05) is 12.1 Å². The molecular weight excluding hydrogens is 572 g/mol. The number of Topliss-reactive ketones (excluding diaryl/α,β-unsaturated/α-hetero) is 2. The Kier molecular flexibility index (Phi) is 9.05. The van der Waals surface area contributed by atoms with Gasteiger partial charge in [0.1, 0.15) is 23.7 Å². The summed E-state index contributed by atoms with van der Waals surface area (Å²) in [5.74, 6) is -1.53. The van der Waals surface area contributed by atoms with Crippen molar-refractivity contribution in [1.82, 2.24) is 9.97 Å². The maximum atomic E-state index is 15.3. The average Bonchev–Trinajstić information content (AvgIpc) is 2.99. The zero-order chi connectivity index (χ0) is 31.4. The predicted molar refractivity (Wildman–Crippen MR) is 160 cm³/mol. The van der Waals surface area contributed by atoms with E-state index < -0.39 is 23.2 Å². The molecule has 226 valence electrons. The third kappa shape index (κ3) is 6.32. The molecule has 0 amide bonds. The maximum Gasteiger partial charge on any atom is 0.257 e. The molecule has 11 heteroatoms. The highest BCUT2D eigenvalue weighted by molar-refractivity contribution is 6.74. The number of aryl methyl sites for hydroxylation is 1. The molecule has 0 fully saturated rings. The molecule has 1 aliphatic rings. The molecule has 1 aliphatic heterocycles. The molecule has 44 heavy (non-hydrogen) atoms. The number of rotatable bonds is 11. The zero-order valence-corrected chi connectivity index (χ0v) is 24.6. The standard InChI is InChI=1S/C33H29F2N3O6/c1-18-13-21(34)6-7-22(18)29-19(2)17-37-31(32(29)40)25(39)15-20-5-8-26(23(35)14-20)44-27-9-10-36-24-16-28(42-4)33(38-30(24)27)43-12-11-41-3/h5-10,13-14,16H,11-12,15,17H2,1-4H3. The molecule has 9 nitrogen and oxygen atoms in total. The number of halogens is 2. The quantitative estimate of drug-likeness (QED) is 0.203. The van der Waals surface area contributed by atoms with E-state index in [1.165, 1.54) is 49.7 Å². The van der Waals surface area contributed by atoms with Crippen LogP contribution in [0.25, 0.3) is 16.6 Å². The van der Waals surface area contributed by atoms with Gasteiger partial charge < -0.3 is 18.9 Å². The molecule has 0 saturated carbocycles. The zero-order valence-electron chi connectivity index (χ0n) is 24.6. The number of ketones is 2. The van der Waals surface area contributed by atoms with Gasteiger partial charge >= 0.3 is 0 Å². The fraction of sp³-hybridized carbons (Fsp3) is 0.242. The van der Waals surface area contributed by atoms with Gasteiger partial charge in [-0.2, -0.15) is 0 Å². The number of nitrogens with zero attached hydrogens (tertiary/aromatic N) is 3. The molecular formula is C33H29F2N3O6. The first-order chi connectivity index (χ1) is 21.2. The molecule has 0 saturated heterocycles. The topological polar surface area (TPSA) is 109 Å². The highest BCUT2D eigenvalue weighted by atomic mass is 19.1. The van der Waals surface area contributed by atoms with E-state index in [4.69, 9.17) is 18.9 Å². The van der Waals surface area contributed by atoms with Gasteiger partial charge in [0.2, 0.25) is 5.78 Å². The van der Waals surface area contributed by atoms with Crippen LogP contribution in [-0.2, 0) is 20.7 Å². The van der Waals surface area contributed by atoms with E-state index in [0.717, 1.165) is 0 Å². The number of pyridine rings is 2. The predicted octanol–water partition coefficient (Wildman–Crippen LogP) is 5.65. The highest BCUT2D eigenvalue weighted by Crippen LogP contribution is 2.35. The Hall–Kier alpha value is -5.03. The normalized spacial score (nSPS) is 13.2. The van der Waals surface area contributed by atoms with Gasteiger partial charge in [0.25, 0.3) is 5.88 Å². The summed E-state index contributed by atoms with van der Waals surface area (Å²) < 4.78 is 50.8. The fourth-order valence-electron chi connectivity index (χ4n) is 4.83. The number of fused-ring (bicyclic) bond motifs is 1. The van der Waals surface area contributed by atoms with Gasteiger partial charge in [0.15, 0.2) is 28.8 Å². The second-order valence-corrected chi connectivity index (χ2v) is 10.1. The molecule has 3 heterocycles. The van der Waals surface area contributed by atoms with Gasteiger partial charge in [0, 0.05) is 37.4 Å². The summed E-state index contributed by atoms with van der Waals surface area (Å²) in [6.07, 6.45) is 1.24. The van der Waals surface area contributed by atoms with Crippen molar-refractivity contribution in [1.29, 1.82) is 0 Å². The first-order valence-corrected chi connectivity index (χ1v) is 13.7. The van der Waals surface area contributed by atoms with E-state index in [0.29, 0.717) is 51.2 Å². The summed E-state index contributed by atoms with van der Waals surface area (Å²) >= 11 is 0. The van der Waals surface area contributed by atoms with Crippen molar-refractivity contribution in [2.24, 2.45) is 4.99 Å². The summed E-state index contributed by atoms with van der Waals surface area (Å²) in [6, 6.07) is 11.4. The molecule has 0 aliphatic carbocycles. The molecule has 0 atom stereocenters. The fourth-order valence-corrected chi connectivity index (χ4v) is 4.83. The lowest BCUT2D eigenvalue weighted by molar-refractivity contribution is -0.114. The summed E-state index contributed by atoms with van der Waals surface area (Å²) in [4.78, 5) is 39.5. The van der Waals surface area contributed by atoms with Crippen LogP contribution < -0.4 is 14.2 Å². The van der Waals surface area contributed by atoms with Crippen LogP contribution in [0.15, 0.2) is 65.3 Å². The van der Waals surface area contributed by atoms with Crippen LogP contribution in [0.3, 0.4) is 0 Å². The Morgan fingerprint density at radius 3 is 2.50 bits per heavy atom. The molecule has 5 rings (SSSR count). The number of aromatic nitrogens is 2. The van der Waals surface area contributed by atoms with Crippen molar-refractivity contribution in [3.8, 4) is 23.1 Å². The van der Waals surface area contributed by atoms with E-state index in [9.17, 15) is 14.0 Å². The number of benzene rings is 2. The minimum Gasteiger partial charge on any atom is -0.491 e. The Balaban J connectivity index is 1.34. The first kappa shape index (κ1) is 30.4. The average molecular weight is 602 g/mol. The SMILES string of the molecule is COCCOc1nc2c(Oc3ccc(CC(=O)C4=NCC(C)=C(c5ccc(F)cc5C)C4=O)cc3F)ccnc2cc1OC. The van der Waals surface area contributed by atoms with Crippen LogP contribution in [0.2, 0.25) is 0 Å². The summed E-state index contributed by atoms with van der Waals surface area (Å²) in [5, 5.41) is 0. The third-order valence-corrected chi connectivity index (χ3v) is 7.00. The van der Waals surface area contributed by atoms with Gasteiger partial charge in [-0.3, -0.25) is 19.6 Å². The number of hydrogen-bond acceptors (Lipinski definition) is 9. The number of methoxy groups -OCH3 is 2. The van der Waals surface area contributed by atoms with Gasteiger partial charge in [-0.25, -0.2) is 13.8 Å². The van der Waals surface area contributed by atoms with Gasteiger partial charge in [-0.05, 0) is 60.4 Å². The van der Waals surface area contributed by atoms with Crippen molar-refractivity contribution in [3.05, 3.63) is 88.6 Å². The molecule has 0 bridgehead atoms. The third-order valence-electron chi connectivity index (χ3n) is 7.00. The lowest BCUT2D eigenvalue weighted by Crippen LogP contribution is -2.30. The van der Waals surface area contributed by atoms with E-state index in [2.05, 4.69) is 15.0 Å². The van der Waals surface area contributed by atoms with Crippen LogP contribution in [0.1, 0.15) is 23.6 Å². The molecule has 0 radical (unpaired) electrons. The molecule has 0 spiro atoms. The van der Waals surface area contributed by atoms with Crippen molar-refractivity contribution in [3.63, 3.8) is 0 Å². The lowest BCUT2D eigenvalue weighted by Gasteiger charge is -2.18. The molecule has 2 aromatic carbocycles. The largest absolute Gasteiger partial charge is 0.491 e. The van der Waals surface area contributed by atoms with Crippen LogP contribution in [-0.4, -0.2) is 61.2 Å². The Labute approximate surface area is 252 Å². The number of carbonyl (C=O) groups is 2. The number of aliphatic imine (C=N–C) groups is 1. The van der Waals surface area contributed by atoms with Crippen LogP contribution >= 0.6 is 0 Å². The monoisotopic (exact) mass is 601 g/mol. The lowest BCUT2D eigenvalue weighted by atomic mass is 9.87. The van der Waals surface area contributed by atoms with Crippen LogP contribution in [0.4, 0.5) is 8.78 Å². The number of ether oxygens (including phenoxy) is 4. The van der Waals surface area contributed by atoms with Crippen LogP contribution in [0, 0.1) is 18.6 Å². The van der Waals surface area contributed by atoms with Crippen molar-refractivity contribution < 1.29 is 37.3 Å². The molecule has 0 unspecified atom stereocenters. The van der Waals surface area contributed by atoms with Crippen molar-refractivity contribution >= 4 is 33.9 Å². The van der Waals surface area contributed by atoms with Crippen LogP contribution in [0.5, 0.6) is 23.1 Å². The van der Waals surface area contributed by atoms with Crippen molar-refractivity contribution in [2.45, 2.75) is 20.3 Å². The van der Waals surface area contributed by atoms with E-state index in [-0.39, 0.29) is 42.7 Å². The Bertz CT molecular complexity index is 1840. The molecule has 0 N–H and O–H groups in total. The second-order valence-electron chi connectivity index (χ2n) is 10.1. The van der Waals surface area contributed by atoms with E-state index in [1.54, 1.807) is 33.1 Å². The van der Waals surface area contributed by atoms with E-state index in [1.807, 2.05) is 0 Å².